The van der Waals surface area contributed by atoms with Crippen LogP contribution in [0.25, 0.3) is 0 Å². The van der Waals surface area contributed by atoms with Crippen molar-refractivity contribution in [3.8, 4) is 0 Å². The number of aromatic nitrogens is 2. The van der Waals surface area contributed by atoms with Crippen LogP contribution in [0, 0.1) is 0 Å². The fourth-order valence-corrected chi connectivity index (χ4v) is 2.77. The quantitative estimate of drug-likeness (QED) is 0.847. The van der Waals surface area contributed by atoms with Crippen LogP contribution < -0.4 is 0 Å². The maximum atomic E-state index is 12.3. The van der Waals surface area contributed by atoms with E-state index in [0.29, 0.717) is 31.9 Å². The maximum absolute atomic E-state index is 12.3. The molecule has 0 atom stereocenters. The molecule has 2 aromatic rings. The summed E-state index contributed by atoms with van der Waals surface area (Å²) >= 11 is 0. The molecule has 1 aliphatic rings. The molecule has 0 aromatic carbocycles. The lowest BCUT2D eigenvalue weighted by Gasteiger charge is -2.34. The van der Waals surface area contributed by atoms with Crippen LogP contribution in [0.5, 0.6) is 0 Å². The van der Waals surface area contributed by atoms with E-state index in [0.717, 1.165) is 0 Å². The zero-order valence-electron chi connectivity index (χ0n) is 13.5. The number of aromatic carboxylic acids is 1. The predicted molar refractivity (Wildman–Crippen MR) is 85.0 cm³/mol. The highest BCUT2D eigenvalue weighted by atomic mass is 16.4. The Morgan fingerprint density at radius 2 is 1.84 bits per heavy atom. The fraction of sp³-hybridized carbons (Fsp3) is 0.375. The minimum absolute atomic E-state index is 0.0571. The molecule has 0 bridgehead atoms. The zero-order valence-corrected chi connectivity index (χ0v) is 13.5. The van der Waals surface area contributed by atoms with Gasteiger partial charge in [-0.05, 0) is 18.2 Å². The largest absolute Gasteiger partial charge is 0.477 e. The third-order valence-corrected chi connectivity index (χ3v) is 4.12. The lowest BCUT2D eigenvalue weighted by molar-refractivity contribution is -0.133. The number of carboxylic acids is 1. The van der Waals surface area contributed by atoms with Gasteiger partial charge in [0.05, 0.1) is 12.8 Å². The third kappa shape index (κ3) is 3.70. The number of aryl methyl sites for hydroxylation is 1. The molecule has 2 amide bonds. The minimum atomic E-state index is -1.07. The summed E-state index contributed by atoms with van der Waals surface area (Å²) in [7, 11) is 0. The molecule has 0 aliphatic carbocycles. The van der Waals surface area contributed by atoms with Crippen LogP contribution in [-0.2, 0) is 11.3 Å². The standard InChI is InChI=1S/C16H18N4O5/c21-14(4-6-20-12(16(23)24)3-5-17-20)18-7-9-19(10-8-18)15(22)13-2-1-11-25-13/h1-3,5,11H,4,6-10H2,(H,23,24). The van der Waals surface area contributed by atoms with Gasteiger partial charge in [0.25, 0.3) is 5.91 Å². The second kappa shape index (κ2) is 7.20. The van der Waals surface area contributed by atoms with E-state index < -0.39 is 5.97 Å². The Morgan fingerprint density at radius 3 is 2.48 bits per heavy atom. The Balaban J connectivity index is 1.49. The van der Waals surface area contributed by atoms with E-state index in [2.05, 4.69) is 5.10 Å². The molecule has 0 radical (unpaired) electrons. The normalized spacial score (nSPS) is 14.6. The van der Waals surface area contributed by atoms with E-state index in [1.807, 2.05) is 0 Å². The van der Waals surface area contributed by atoms with Crippen molar-refractivity contribution in [2.45, 2.75) is 13.0 Å². The topological polar surface area (TPSA) is 109 Å². The Labute approximate surface area is 143 Å². The first-order valence-electron chi connectivity index (χ1n) is 7.92. The summed E-state index contributed by atoms with van der Waals surface area (Å²) in [5.74, 6) is -1.05. The average molecular weight is 346 g/mol. The van der Waals surface area contributed by atoms with Gasteiger partial charge in [-0.1, -0.05) is 0 Å². The molecule has 0 spiro atoms. The molecule has 132 valence electrons. The molecule has 0 saturated carbocycles. The van der Waals surface area contributed by atoms with Gasteiger partial charge in [-0.3, -0.25) is 14.3 Å². The lowest BCUT2D eigenvalue weighted by Crippen LogP contribution is -2.50. The van der Waals surface area contributed by atoms with Crippen molar-refractivity contribution in [3.63, 3.8) is 0 Å². The number of hydrogen-bond donors (Lipinski definition) is 1. The highest BCUT2D eigenvalue weighted by Gasteiger charge is 2.26. The highest BCUT2D eigenvalue weighted by Crippen LogP contribution is 2.11. The summed E-state index contributed by atoms with van der Waals surface area (Å²) < 4.78 is 6.41. The van der Waals surface area contributed by atoms with Crippen LogP contribution in [0.1, 0.15) is 27.5 Å². The number of furan rings is 1. The van der Waals surface area contributed by atoms with Gasteiger partial charge in [-0.2, -0.15) is 5.10 Å². The van der Waals surface area contributed by atoms with Crippen molar-refractivity contribution in [2.75, 3.05) is 26.2 Å². The molecule has 1 saturated heterocycles. The van der Waals surface area contributed by atoms with Gasteiger partial charge in [0.15, 0.2) is 5.76 Å². The van der Waals surface area contributed by atoms with Crippen molar-refractivity contribution >= 4 is 17.8 Å². The number of rotatable bonds is 5. The van der Waals surface area contributed by atoms with Gasteiger partial charge >= 0.3 is 5.97 Å². The number of nitrogens with zero attached hydrogens (tertiary/aromatic N) is 4. The smallest absolute Gasteiger partial charge is 0.354 e. The van der Waals surface area contributed by atoms with E-state index in [-0.39, 0.29) is 30.5 Å². The van der Waals surface area contributed by atoms with Crippen LogP contribution in [0.2, 0.25) is 0 Å². The van der Waals surface area contributed by atoms with Crippen LogP contribution in [0.4, 0.5) is 0 Å². The van der Waals surface area contributed by atoms with Gasteiger partial charge in [0.1, 0.15) is 5.69 Å². The van der Waals surface area contributed by atoms with E-state index in [9.17, 15) is 14.4 Å². The molecule has 1 aliphatic heterocycles. The zero-order chi connectivity index (χ0) is 17.8. The second-order valence-electron chi connectivity index (χ2n) is 5.65. The van der Waals surface area contributed by atoms with Crippen molar-refractivity contribution in [2.24, 2.45) is 0 Å². The summed E-state index contributed by atoms with van der Waals surface area (Å²) in [4.78, 5) is 38.8. The van der Waals surface area contributed by atoms with Crippen molar-refractivity contribution < 1.29 is 23.9 Å². The van der Waals surface area contributed by atoms with E-state index in [1.54, 1.807) is 21.9 Å². The molecule has 1 fully saturated rings. The average Bonchev–Trinajstić information content (AvgIpc) is 3.30. The summed E-state index contributed by atoms with van der Waals surface area (Å²) in [5.41, 5.74) is 0.0571. The number of carboxylic acid groups (broad SMARTS) is 1. The summed E-state index contributed by atoms with van der Waals surface area (Å²) in [5, 5.41) is 12.9. The first kappa shape index (κ1) is 16.7. The predicted octanol–water partition coefficient (Wildman–Crippen LogP) is 0.549. The molecule has 3 heterocycles. The molecule has 9 nitrogen and oxygen atoms in total. The summed E-state index contributed by atoms with van der Waals surface area (Å²) in [6.07, 6.45) is 3.01. The van der Waals surface area contributed by atoms with Crippen LogP contribution in [0.15, 0.2) is 35.1 Å². The number of hydrogen-bond acceptors (Lipinski definition) is 5. The van der Waals surface area contributed by atoms with E-state index in [4.69, 9.17) is 9.52 Å². The number of piperazine rings is 1. The van der Waals surface area contributed by atoms with Crippen LogP contribution in [0.3, 0.4) is 0 Å². The number of amides is 2. The molecule has 9 heteroatoms. The fourth-order valence-electron chi connectivity index (χ4n) is 2.77. The van der Waals surface area contributed by atoms with Crippen molar-refractivity contribution in [1.29, 1.82) is 0 Å². The monoisotopic (exact) mass is 346 g/mol. The molecular weight excluding hydrogens is 328 g/mol. The van der Waals surface area contributed by atoms with Crippen LogP contribution >= 0.6 is 0 Å². The molecule has 3 rings (SSSR count). The third-order valence-electron chi connectivity index (χ3n) is 4.12. The number of carbonyl (C=O) groups excluding carboxylic acids is 2. The number of carbonyl (C=O) groups is 3. The van der Waals surface area contributed by atoms with Gasteiger partial charge in [0, 0.05) is 38.8 Å². The molecule has 25 heavy (non-hydrogen) atoms. The summed E-state index contributed by atoms with van der Waals surface area (Å²) in [6.45, 7) is 1.96. The Bertz CT molecular complexity index is 759. The van der Waals surface area contributed by atoms with Gasteiger partial charge in [-0.25, -0.2) is 4.79 Å². The first-order chi connectivity index (χ1) is 12.1. The first-order valence-corrected chi connectivity index (χ1v) is 7.92. The Morgan fingerprint density at radius 1 is 1.12 bits per heavy atom. The van der Waals surface area contributed by atoms with Crippen molar-refractivity contribution in [1.82, 2.24) is 19.6 Å². The highest BCUT2D eigenvalue weighted by molar-refractivity contribution is 5.91. The minimum Gasteiger partial charge on any atom is -0.477 e. The van der Waals surface area contributed by atoms with Gasteiger partial charge in [-0.15, -0.1) is 0 Å². The molecule has 0 unspecified atom stereocenters. The molecule has 1 N–H and O–H groups in total. The van der Waals surface area contributed by atoms with Gasteiger partial charge < -0.3 is 19.3 Å². The molecule has 2 aromatic heterocycles. The second-order valence-corrected chi connectivity index (χ2v) is 5.65. The summed E-state index contributed by atoms with van der Waals surface area (Å²) in [6, 6.07) is 4.67. The Kier molecular flexibility index (Phi) is 4.82. The lowest BCUT2D eigenvalue weighted by atomic mass is 10.2. The SMILES string of the molecule is O=C(O)c1ccnn1CCC(=O)N1CCN(C(=O)c2ccco2)CC1. The molecular formula is C16H18N4O5. The van der Waals surface area contributed by atoms with Crippen LogP contribution in [-0.4, -0.2) is 68.6 Å². The maximum Gasteiger partial charge on any atom is 0.354 e. The van der Waals surface area contributed by atoms with Crippen molar-refractivity contribution in [3.05, 3.63) is 42.1 Å². The Hall–Kier alpha value is -3.10. The van der Waals surface area contributed by atoms with Gasteiger partial charge in [0.2, 0.25) is 5.91 Å². The van der Waals surface area contributed by atoms with E-state index in [1.165, 1.54) is 23.2 Å². The van der Waals surface area contributed by atoms with E-state index >= 15 is 0 Å².